The number of hydrogen-bond donors (Lipinski definition) is 0. The van der Waals surface area contributed by atoms with E-state index in [4.69, 9.17) is 9.40 Å². The van der Waals surface area contributed by atoms with E-state index in [-0.39, 0.29) is 0 Å². The number of fused-ring (bicyclic) bond motifs is 2. The van der Waals surface area contributed by atoms with Crippen molar-refractivity contribution in [2.45, 2.75) is 18.8 Å². The van der Waals surface area contributed by atoms with Gasteiger partial charge in [0.1, 0.15) is 22.5 Å². The van der Waals surface area contributed by atoms with E-state index < -0.39 is 0 Å². The summed E-state index contributed by atoms with van der Waals surface area (Å²) in [5.74, 6) is 2.17. The number of anilines is 1. The van der Waals surface area contributed by atoms with Crippen molar-refractivity contribution < 1.29 is 4.42 Å². The maximum atomic E-state index is 6.00. The standard InChI is InChI=1S/C18H16N4OS/c1-2-6-15-14(5-1)21-17(23-15)12-4-3-8-22(10-12)16-13-7-9-24-18(13)20-11-19-16/h1-2,5-7,9,11-12H,3-4,8,10H2. The molecular formula is C18H16N4OS. The third-order valence-corrected chi connectivity index (χ3v) is 5.44. The van der Waals surface area contributed by atoms with Gasteiger partial charge < -0.3 is 9.32 Å². The van der Waals surface area contributed by atoms with Crippen LogP contribution >= 0.6 is 11.3 Å². The minimum Gasteiger partial charge on any atom is -0.440 e. The van der Waals surface area contributed by atoms with Crippen molar-refractivity contribution in [2.24, 2.45) is 0 Å². The SMILES string of the molecule is c1ccc2oc(C3CCCN(c4ncnc5sccc45)C3)nc2c1. The van der Waals surface area contributed by atoms with Gasteiger partial charge >= 0.3 is 0 Å². The second-order valence-corrected chi connectivity index (χ2v) is 7.04. The molecule has 1 atom stereocenters. The number of aromatic nitrogens is 3. The molecule has 1 unspecified atom stereocenters. The van der Waals surface area contributed by atoms with Gasteiger partial charge in [-0.15, -0.1) is 11.3 Å². The minimum absolute atomic E-state index is 0.301. The first-order chi connectivity index (χ1) is 11.9. The lowest BCUT2D eigenvalue weighted by molar-refractivity contribution is 0.413. The van der Waals surface area contributed by atoms with Gasteiger partial charge in [-0.2, -0.15) is 0 Å². The average Bonchev–Trinajstić information content (AvgIpc) is 3.28. The fourth-order valence-corrected chi connectivity index (χ4v) is 4.19. The maximum absolute atomic E-state index is 6.00. The fourth-order valence-electron chi connectivity index (χ4n) is 3.46. The summed E-state index contributed by atoms with van der Waals surface area (Å²) in [7, 11) is 0. The lowest BCUT2D eigenvalue weighted by Gasteiger charge is -2.32. The first-order valence-corrected chi connectivity index (χ1v) is 9.05. The van der Waals surface area contributed by atoms with Gasteiger partial charge in [-0.25, -0.2) is 15.0 Å². The number of nitrogens with zero attached hydrogens (tertiary/aromatic N) is 4. The first-order valence-electron chi connectivity index (χ1n) is 8.17. The van der Waals surface area contributed by atoms with Crippen LogP contribution in [0.25, 0.3) is 21.3 Å². The van der Waals surface area contributed by atoms with Gasteiger partial charge in [-0.3, -0.25) is 0 Å². The number of hydrogen-bond acceptors (Lipinski definition) is 6. The normalized spacial score (nSPS) is 18.5. The summed E-state index contributed by atoms with van der Waals surface area (Å²) in [6.45, 7) is 1.90. The van der Waals surface area contributed by atoms with E-state index in [0.717, 1.165) is 59.0 Å². The Morgan fingerprint density at radius 2 is 2.12 bits per heavy atom. The lowest BCUT2D eigenvalue weighted by Crippen LogP contribution is -2.35. The summed E-state index contributed by atoms with van der Waals surface area (Å²) in [6, 6.07) is 10.1. The molecule has 5 nitrogen and oxygen atoms in total. The van der Waals surface area contributed by atoms with Crippen molar-refractivity contribution in [3.63, 3.8) is 0 Å². The minimum atomic E-state index is 0.301. The summed E-state index contributed by atoms with van der Waals surface area (Å²) >= 11 is 1.66. The Morgan fingerprint density at radius 1 is 1.17 bits per heavy atom. The van der Waals surface area contributed by atoms with E-state index in [0.29, 0.717) is 5.92 Å². The predicted molar refractivity (Wildman–Crippen MR) is 95.6 cm³/mol. The number of oxazole rings is 1. The Balaban J connectivity index is 1.48. The predicted octanol–water partition coefficient (Wildman–Crippen LogP) is 4.22. The van der Waals surface area contributed by atoms with Crippen molar-refractivity contribution in [1.29, 1.82) is 0 Å². The van der Waals surface area contributed by atoms with Gasteiger partial charge in [0.05, 0.1) is 11.3 Å². The van der Waals surface area contributed by atoms with E-state index in [9.17, 15) is 0 Å². The molecule has 5 rings (SSSR count). The van der Waals surface area contributed by atoms with Crippen LogP contribution in [0.4, 0.5) is 5.82 Å². The van der Waals surface area contributed by atoms with E-state index in [2.05, 4.69) is 26.3 Å². The van der Waals surface area contributed by atoms with Crippen molar-refractivity contribution in [1.82, 2.24) is 15.0 Å². The van der Waals surface area contributed by atoms with Crippen LogP contribution in [0.15, 0.2) is 46.5 Å². The van der Waals surface area contributed by atoms with Crippen molar-refractivity contribution in [3.05, 3.63) is 47.9 Å². The second-order valence-electron chi connectivity index (χ2n) is 6.14. The van der Waals surface area contributed by atoms with Gasteiger partial charge in [-0.1, -0.05) is 12.1 Å². The maximum Gasteiger partial charge on any atom is 0.200 e. The van der Waals surface area contributed by atoms with Crippen LogP contribution in [0.5, 0.6) is 0 Å². The van der Waals surface area contributed by atoms with Gasteiger partial charge in [-0.05, 0) is 36.4 Å². The first kappa shape index (κ1) is 13.9. The molecule has 1 saturated heterocycles. The highest BCUT2D eigenvalue weighted by atomic mass is 32.1. The Labute approximate surface area is 143 Å². The zero-order valence-electron chi connectivity index (χ0n) is 13.1. The van der Waals surface area contributed by atoms with Crippen LogP contribution in [-0.4, -0.2) is 28.0 Å². The van der Waals surface area contributed by atoms with E-state index >= 15 is 0 Å². The summed E-state index contributed by atoms with van der Waals surface area (Å²) < 4.78 is 6.00. The van der Waals surface area contributed by atoms with Gasteiger partial charge in [0.25, 0.3) is 0 Å². The molecule has 1 aliphatic rings. The Hall–Kier alpha value is -2.47. The average molecular weight is 336 g/mol. The largest absolute Gasteiger partial charge is 0.440 e. The fraction of sp³-hybridized carbons (Fsp3) is 0.278. The summed E-state index contributed by atoms with van der Waals surface area (Å²) in [5.41, 5.74) is 1.80. The molecule has 4 heterocycles. The number of thiophene rings is 1. The van der Waals surface area contributed by atoms with Crippen LogP contribution in [0.2, 0.25) is 0 Å². The Morgan fingerprint density at radius 3 is 3.08 bits per heavy atom. The number of rotatable bonds is 2. The highest BCUT2D eigenvalue weighted by Crippen LogP contribution is 2.33. The molecule has 0 bridgehead atoms. The summed E-state index contributed by atoms with van der Waals surface area (Å²) in [5, 5.41) is 3.21. The van der Waals surface area contributed by atoms with Crippen molar-refractivity contribution in [2.75, 3.05) is 18.0 Å². The summed E-state index contributed by atoms with van der Waals surface area (Å²) in [6.07, 6.45) is 3.87. The molecule has 0 amide bonds. The van der Waals surface area contributed by atoms with Crippen LogP contribution in [0.1, 0.15) is 24.7 Å². The molecular weight excluding hydrogens is 320 g/mol. The molecule has 1 aliphatic heterocycles. The number of benzene rings is 1. The quantitative estimate of drug-likeness (QED) is 0.549. The van der Waals surface area contributed by atoms with Crippen LogP contribution in [0, 0.1) is 0 Å². The van der Waals surface area contributed by atoms with Gasteiger partial charge in [0, 0.05) is 13.1 Å². The summed E-state index contributed by atoms with van der Waals surface area (Å²) in [4.78, 5) is 17.0. The molecule has 4 aromatic rings. The zero-order valence-corrected chi connectivity index (χ0v) is 13.9. The molecule has 0 N–H and O–H groups in total. The molecule has 1 fully saturated rings. The van der Waals surface area contributed by atoms with Crippen molar-refractivity contribution >= 4 is 38.5 Å². The van der Waals surface area contributed by atoms with Crippen LogP contribution in [-0.2, 0) is 0 Å². The second kappa shape index (κ2) is 5.56. The molecule has 6 heteroatoms. The van der Waals surface area contributed by atoms with Crippen LogP contribution < -0.4 is 4.90 Å². The molecule has 0 spiro atoms. The zero-order chi connectivity index (χ0) is 15.9. The highest BCUT2D eigenvalue weighted by molar-refractivity contribution is 7.16. The van der Waals surface area contributed by atoms with Crippen LogP contribution in [0.3, 0.4) is 0 Å². The van der Waals surface area contributed by atoms with E-state index in [1.54, 1.807) is 17.7 Å². The van der Waals surface area contributed by atoms with E-state index in [1.165, 1.54) is 0 Å². The van der Waals surface area contributed by atoms with Gasteiger partial charge in [0.15, 0.2) is 11.5 Å². The topological polar surface area (TPSA) is 55.1 Å². The molecule has 0 radical (unpaired) electrons. The lowest BCUT2D eigenvalue weighted by atomic mass is 9.98. The van der Waals surface area contributed by atoms with E-state index in [1.807, 2.05) is 24.3 Å². The molecule has 24 heavy (non-hydrogen) atoms. The van der Waals surface area contributed by atoms with Gasteiger partial charge in [0.2, 0.25) is 0 Å². The van der Waals surface area contributed by atoms with Crippen molar-refractivity contribution in [3.8, 4) is 0 Å². The smallest absolute Gasteiger partial charge is 0.200 e. The highest BCUT2D eigenvalue weighted by Gasteiger charge is 2.27. The molecule has 1 aromatic carbocycles. The third kappa shape index (κ3) is 2.26. The number of para-hydroxylation sites is 2. The molecule has 0 aliphatic carbocycles. The Kier molecular flexibility index (Phi) is 3.23. The third-order valence-electron chi connectivity index (χ3n) is 4.62. The monoisotopic (exact) mass is 336 g/mol. The Bertz CT molecular complexity index is 975. The molecule has 120 valence electrons. The number of piperidine rings is 1. The molecule has 0 saturated carbocycles. The molecule has 3 aromatic heterocycles.